The first kappa shape index (κ1) is 12.4. The second-order valence-electron chi connectivity index (χ2n) is 2.47. The van der Waals surface area contributed by atoms with Crippen molar-refractivity contribution < 1.29 is 0 Å². The first-order chi connectivity index (χ1) is 6.27. The Hall–Kier alpha value is -0.560. The SMILES string of the molecule is CC.CCc1cc(Cl)cnc1CC. The molecule has 1 heterocycles. The van der Waals surface area contributed by atoms with Gasteiger partial charge in [-0.1, -0.05) is 39.3 Å². The van der Waals surface area contributed by atoms with Crippen molar-refractivity contribution in [2.45, 2.75) is 40.5 Å². The highest BCUT2D eigenvalue weighted by molar-refractivity contribution is 6.30. The number of hydrogen-bond acceptors (Lipinski definition) is 1. The summed E-state index contributed by atoms with van der Waals surface area (Å²) < 4.78 is 0. The lowest BCUT2D eigenvalue weighted by Gasteiger charge is -2.03. The molecule has 1 aromatic heterocycles. The summed E-state index contributed by atoms with van der Waals surface area (Å²) in [6.45, 7) is 8.22. The third-order valence-electron chi connectivity index (χ3n) is 1.74. The summed E-state index contributed by atoms with van der Waals surface area (Å²) in [6.07, 6.45) is 3.70. The number of nitrogens with zero attached hydrogens (tertiary/aromatic N) is 1. The first-order valence-electron chi connectivity index (χ1n) is 4.91. The molecule has 0 bridgehead atoms. The zero-order chi connectivity index (χ0) is 10.3. The van der Waals surface area contributed by atoms with Gasteiger partial charge in [0.2, 0.25) is 0 Å². The van der Waals surface area contributed by atoms with E-state index in [0.29, 0.717) is 0 Å². The van der Waals surface area contributed by atoms with E-state index in [4.69, 9.17) is 11.6 Å². The van der Waals surface area contributed by atoms with Crippen LogP contribution in [0.5, 0.6) is 0 Å². The van der Waals surface area contributed by atoms with Gasteiger partial charge in [-0.2, -0.15) is 0 Å². The highest BCUT2D eigenvalue weighted by Crippen LogP contribution is 2.13. The van der Waals surface area contributed by atoms with Crippen molar-refractivity contribution in [1.82, 2.24) is 4.98 Å². The van der Waals surface area contributed by atoms with E-state index in [1.807, 2.05) is 19.9 Å². The molecule has 0 saturated heterocycles. The number of halogens is 1. The van der Waals surface area contributed by atoms with Crippen molar-refractivity contribution >= 4 is 11.6 Å². The molecule has 0 aliphatic heterocycles. The highest BCUT2D eigenvalue weighted by atomic mass is 35.5. The minimum absolute atomic E-state index is 0.735. The van der Waals surface area contributed by atoms with Gasteiger partial charge in [0, 0.05) is 11.9 Å². The molecule has 0 amide bonds. The van der Waals surface area contributed by atoms with Gasteiger partial charge in [0.1, 0.15) is 0 Å². The topological polar surface area (TPSA) is 12.9 Å². The zero-order valence-corrected chi connectivity index (χ0v) is 9.65. The van der Waals surface area contributed by atoms with Crippen LogP contribution in [-0.4, -0.2) is 4.98 Å². The summed E-state index contributed by atoms with van der Waals surface area (Å²) in [5.41, 5.74) is 2.43. The molecule has 13 heavy (non-hydrogen) atoms. The van der Waals surface area contributed by atoms with Crippen molar-refractivity contribution in [2.24, 2.45) is 0 Å². The van der Waals surface area contributed by atoms with Crippen molar-refractivity contribution in [1.29, 1.82) is 0 Å². The standard InChI is InChI=1S/C9H12ClN.C2H6/c1-3-7-5-8(10)6-11-9(7)4-2;1-2/h5-6H,3-4H2,1-2H3;1-2H3. The summed E-state index contributed by atoms with van der Waals surface area (Å²) in [6, 6.07) is 1.99. The highest BCUT2D eigenvalue weighted by Gasteiger charge is 1.99. The molecule has 1 aromatic rings. The van der Waals surface area contributed by atoms with Crippen LogP contribution in [0.3, 0.4) is 0 Å². The van der Waals surface area contributed by atoms with E-state index in [9.17, 15) is 0 Å². The van der Waals surface area contributed by atoms with E-state index in [1.54, 1.807) is 6.20 Å². The predicted octanol–water partition coefficient (Wildman–Crippen LogP) is 3.89. The fraction of sp³-hybridized carbons (Fsp3) is 0.545. The smallest absolute Gasteiger partial charge is 0.0592 e. The van der Waals surface area contributed by atoms with Gasteiger partial charge < -0.3 is 0 Å². The largest absolute Gasteiger partial charge is 0.259 e. The molecule has 0 radical (unpaired) electrons. The van der Waals surface area contributed by atoms with Crippen LogP contribution in [0, 0.1) is 0 Å². The van der Waals surface area contributed by atoms with Gasteiger partial charge in [-0.3, -0.25) is 4.98 Å². The average Bonchev–Trinajstić information content (AvgIpc) is 2.20. The number of aromatic nitrogens is 1. The summed E-state index contributed by atoms with van der Waals surface area (Å²) in [7, 11) is 0. The second kappa shape index (κ2) is 6.90. The molecule has 0 fully saturated rings. The third-order valence-corrected chi connectivity index (χ3v) is 1.95. The molecule has 0 spiro atoms. The van der Waals surface area contributed by atoms with Crippen molar-refractivity contribution in [3.8, 4) is 0 Å². The second-order valence-corrected chi connectivity index (χ2v) is 2.90. The normalized spacial score (nSPS) is 9.00. The van der Waals surface area contributed by atoms with Gasteiger partial charge in [0.25, 0.3) is 0 Å². The van der Waals surface area contributed by atoms with Gasteiger partial charge in [-0.05, 0) is 24.5 Å². The molecular formula is C11H18ClN. The molecule has 0 atom stereocenters. The number of rotatable bonds is 2. The maximum Gasteiger partial charge on any atom is 0.0592 e. The predicted molar refractivity (Wildman–Crippen MR) is 59.4 cm³/mol. The summed E-state index contributed by atoms with van der Waals surface area (Å²) in [5, 5.41) is 0.735. The fourth-order valence-corrected chi connectivity index (χ4v) is 1.31. The van der Waals surface area contributed by atoms with Crippen LogP contribution in [0.1, 0.15) is 39.0 Å². The van der Waals surface area contributed by atoms with Crippen molar-refractivity contribution in [3.05, 3.63) is 28.5 Å². The first-order valence-corrected chi connectivity index (χ1v) is 5.29. The van der Waals surface area contributed by atoms with Crippen molar-refractivity contribution in [3.63, 3.8) is 0 Å². The molecule has 0 N–H and O–H groups in total. The average molecular weight is 200 g/mol. The Morgan fingerprint density at radius 1 is 1.23 bits per heavy atom. The Morgan fingerprint density at radius 2 is 1.85 bits per heavy atom. The van der Waals surface area contributed by atoms with Crippen LogP contribution in [0.25, 0.3) is 0 Å². The van der Waals surface area contributed by atoms with Gasteiger partial charge in [-0.15, -0.1) is 0 Å². The molecule has 0 aliphatic rings. The van der Waals surface area contributed by atoms with E-state index in [-0.39, 0.29) is 0 Å². The van der Waals surface area contributed by atoms with Gasteiger partial charge in [0.05, 0.1) is 5.02 Å². The molecule has 2 heteroatoms. The van der Waals surface area contributed by atoms with Gasteiger partial charge in [0.15, 0.2) is 0 Å². The van der Waals surface area contributed by atoms with Crippen LogP contribution >= 0.6 is 11.6 Å². The Kier molecular flexibility index (Phi) is 6.61. The Balaban J connectivity index is 0.000000671. The Labute approximate surface area is 86.1 Å². The van der Waals surface area contributed by atoms with E-state index < -0.39 is 0 Å². The third kappa shape index (κ3) is 3.77. The fourth-order valence-electron chi connectivity index (χ4n) is 1.13. The lowest BCUT2D eigenvalue weighted by atomic mass is 10.1. The van der Waals surface area contributed by atoms with Crippen LogP contribution < -0.4 is 0 Å². The monoisotopic (exact) mass is 199 g/mol. The maximum absolute atomic E-state index is 5.79. The summed E-state index contributed by atoms with van der Waals surface area (Å²) >= 11 is 5.79. The molecule has 1 rings (SSSR count). The van der Waals surface area contributed by atoms with Gasteiger partial charge >= 0.3 is 0 Å². The Morgan fingerprint density at radius 3 is 2.31 bits per heavy atom. The molecule has 0 unspecified atom stereocenters. The number of aryl methyl sites for hydroxylation is 2. The number of pyridine rings is 1. The Bertz CT molecular complexity index is 246. The zero-order valence-electron chi connectivity index (χ0n) is 8.89. The van der Waals surface area contributed by atoms with Crippen LogP contribution in [-0.2, 0) is 12.8 Å². The lowest BCUT2D eigenvalue weighted by molar-refractivity contribution is 0.964. The van der Waals surface area contributed by atoms with Crippen LogP contribution in [0.2, 0.25) is 5.02 Å². The van der Waals surface area contributed by atoms with Crippen molar-refractivity contribution in [2.75, 3.05) is 0 Å². The van der Waals surface area contributed by atoms with Gasteiger partial charge in [-0.25, -0.2) is 0 Å². The molecule has 0 aromatic carbocycles. The van der Waals surface area contributed by atoms with E-state index in [0.717, 1.165) is 23.6 Å². The molecule has 0 saturated carbocycles. The summed E-state index contributed by atoms with van der Waals surface area (Å²) in [4.78, 5) is 4.24. The quantitative estimate of drug-likeness (QED) is 0.705. The molecule has 0 aliphatic carbocycles. The minimum Gasteiger partial charge on any atom is -0.259 e. The van der Waals surface area contributed by atoms with Crippen LogP contribution in [0.15, 0.2) is 12.3 Å². The van der Waals surface area contributed by atoms with Crippen LogP contribution in [0.4, 0.5) is 0 Å². The van der Waals surface area contributed by atoms with E-state index in [1.165, 1.54) is 5.56 Å². The maximum atomic E-state index is 5.79. The molecule has 74 valence electrons. The summed E-state index contributed by atoms with van der Waals surface area (Å²) in [5.74, 6) is 0. The molecule has 1 nitrogen and oxygen atoms in total. The number of hydrogen-bond donors (Lipinski definition) is 0. The molecular weight excluding hydrogens is 182 g/mol. The van der Waals surface area contributed by atoms with E-state index >= 15 is 0 Å². The van der Waals surface area contributed by atoms with E-state index in [2.05, 4.69) is 18.8 Å². The minimum atomic E-state index is 0.735. The lowest BCUT2D eigenvalue weighted by Crippen LogP contribution is -1.94.